The first kappa shape index (κ1) is 23.4. The van der Waals surface area contributed by atoms with Crippen molar-refractivity contribution in [3.8, 4) is 6.19 Å². The second-order valence-electron chi connectivity index (χ2n) is 8.15. The number of rotatable bonds is 7. The molecular formula is C25H35N5. The minimum atomic E-state index is 0.556. The van der Waals surface area contributed by atoms with Gasteiger partial charge in [-0.3, -0.25) is 4.90 Å². The predicted octanol–water partition coefficient (Wildman–Crippen LogP) is 5.54. The Morgan fingerprint density at radius 2 is 2.00 bits per heavy atom. The van der Waals surface area contributed by atoms with Gasteiger partial charge >= 0.3 is 0 Å². The highest BCUT2D eigenvalue weighted by atomic mass is 15.2. The van der Waals surface area contributed by atoms with Gasteiger partial charge in [0, 0.05) is 19.2 Å². The van der Waals surface area contributed by atoms with E-state index < -0.39 is 0 Å². The van der Waals surface area contributed by atoms with Gasteiger partial charge in [0.25, 0.3) is 0 Å². The number of aryl methyl sites for hydroxylation is 4. The third kappa shape index (κ3) is 6.32. The van der Waals surface area contributed by atoms with Crippen molar-refractivity contribution in [2.24, 2.45) is 5.92 Å². The summed E-state index contributed by atoms with van der Waals surface area (Å²) < 4.78 is 0. The van der Waals surface area contributed by atoms with Gasteiger partial charge in [0.15, 0.2) is 12.0 Å². The summed E-state index contributed by atoms with van der Waals surface area (Å²) in [6.45, 7) is 13.0. The van der Waals surface area contributed by atoms with Crippen molar-refractivity contribution >= 4 is 17.8 Å². The van der Waals surface area contributed by atoms with Crippen molar-refractivity contribution in [1.29, 1.82) is 5.26 Å². The minimum Gasteiger partial charge on any atom is -0.354 e. The van der Waals surface area contributed by atoms with E-state index in [2.05, 4.69) is 67.0 Å². The number of hydrogen-bond donors (Lipinski definition) is 1. The van der Waals surface area contributed by atoms with E-state index in [0.717, 1.165) is 24.2 Å². The van der Waals surface area contributed by atoms with Gasteiger partial charge < -0.3 is 5.32 Å². The number of nitrogens with one attached hydrogen (secondary N) is 1. The molecule has 1 aromatic heterocycles. The van der Waals surface area contributed by atoms with Gasteiger partial charge in [-0.05, 0) is 61.6 Å². The third-order valence-electron chi connectivity index (χ3n) is 5.36. The molecule has 0 bridgehead atoms. The Morgan fingerprint density at radius 1 is 1.27 bits per heavy atom. The van der Waals surface area contributed by atoms with Crippen molar-refractivity contribution < 1.29 is 0 Å². The summed E-state index contributed by atoms with van der Waals surface area (Å²) >= 11 is 0. The zero-order valence-electron chi connectivity index (χ0n) is 19.1. The highest BCUT2D eigenvalue weighted by molar-refractivity contribution is 5.67. The molecule has 0 atom stereocenters. The molecule has 0 spiro atoms. The molecule has 5 nitrogen and oxygen atoms in total. The molecule has 1 aromatic carbocycles. The molecule has 1 aliphatic rings. The minimum absolute atomic E-state index is 0.556. The fraction of sp³-hybridized carbons (Fsp3) is 0.480. The van der Waals surface area contributed by atoms with Gasteiger partial charge in [0.1, 0.15) is 0 Å². The van der Waals surface area contributed by atoms with Crippen LogP contribution in [0.1, 0.15) is 61.6 Å². The van der Waals surface area contributed by atoms with Crippen LogP contribution in [0.25, 0.3) is 6.08 Å². The van der Waals surface area contributed by atoms with Crippen LogP contribution in [-0.4, -0.2) is 23.6 Å². The topological polar surface area (TPSA) is 64.8 Å². The van der Waals surface area contributed by atoms with Crippen LogP contribution in [0.15, 0.2) is 24.8 Å². The van der Waals surface area contributed by atoms with Crippen LogP contribution in [-0.2, 0) is 19.3 Å². The molecule has 1 aliphatic carbocycles. The van der Waals surface area contributed by atoms with E-state index in [4.69, 9.17) is 5.26 Å². The molecule has 0 saturated heterocycles. The summed E-state index contributed by atoms with van der Waals surface area (Å²) in [5.41, 5.74) is 6.28. The van der Waals surface area contributed by atoms with Gasteiger partial charge in [0.05, 0.1) is 5.69 Å². The lowest BCUT2D eigenvalue weighted by Crippen LogP contribution is -2.16. The second-order valence-corrected chi connectivity index (χ2v) is 8.15. The van der Waals surface area contributed by atoms with Crippen LogP contribution in [0.4, 0.5) is 11.8 Å². The predicted molar refractivity (Wildman–Crippen MR) is 127 cm³/mol. The van der Waals surface area contributed by atoms with Gasteiger partial charge in [-0.2, -0.15) is 10.2 Å². The highest BCUT2D eigenvalue weighted by Gasteiger charge is 2.13. The first-order valence-corrected chi connectivity index (χ1v) is 10.9. The molecule has 0 radical (unpaired) electrons. The summed E-state index contributed by atoms with van der Waals surface area (Å²) in [7, 11) is 1.67. The molecule has 160 valence electrons. The summed E-state index contributed by atoms with van der Waals surface area (Å²) in [6.07, 6.45) is 9.93. The largest absolute Gasteiger partial charge is 0.354 e. The number of aromatic nitrogens is 2. The van der Waals surface area contributed by atoms with Gasteiger partial charge in [-0.25, -0.2) is 4.98 Å². The maximum atomic E-state index is 9.00. The van der Waals surface area contributed by atoms with Crippen molar-refractivity contribution in [1.82, 2.24) is 9.97 Å². The lowest BCUT2D eigenvalue weighted by molar-refractivity contribution is 0.606. The first-order chi connectivity index (χ1) is 14.4. The van der Waals surface area contributed by atoms with Gasteiger partial charge in [-0.15, -0.1) is 0 Å². The number of nitrogens with zero attached hydrogens (tertiary/aromatic N) is 4. The normalized spacial score (nSPS) is 11.9. The Kier molecular flexibility index (Phi) is 8.86. The molecule has 1 N–H and O–H groups in total. The molecular weight excluding hydrogens is 370 g/mol. The SMILES string of the molecule is C=Cc1c(C)nc(NCCC(C)C)nc1N(C)C#N.CCc1ccc2c(c1)CCC2. The summed E-state index contributed by atoms with van der Waals surface area (Å²) in [6, 6.07) is 6.95. The van der Waals surface area contributed by atoms with E-state index in [1.807, 2.05) is 6.92 Å². The first-order valence-electron chi connectivity index (χ1n) is 10.9. The summed E-state index contributed by atoms with van der Waals surface area (Å²) in [5, 5.41) is 12.2. The van der Waals surface area contributed by atoms with Crippen molar-refractivity contribution in [2.75, 3.05) is 23.8 Å². The Bertz CT molecular complexity index is 895. The maximum absolute atomic E-state index is 9.00. The third-order valence-corrected chi connectivity index (χ3v) is 5.36. The molecule has 0 unspecified atom stereocenters. The number of anilines is 2. The fourth-order valence-electron chi connectivity index (χ4n) is 3.51. The quantitative estimate of drug-likeness (QED) is 0.484. The zero-order valence-corrected chi connectivity index (χ0v) is 19.1. The van der Waals surface area contributed by atoms with Gasteiger partial charge in [0.2, 0.25) is 5.95 Å². The van der Waals surface area contributed by atoms with Crippen LogP contribution in [0.3, 0.4) is 0 Å². The summed E-state index contributed by atoms with van der Waals surface area (Å²) in [4.78, 5) is 10.2. The van der Waals surface area contributed by atoms with Crippen LogP contribution >= 0.6 is 0 Å². The number of fused-ring (bicyclic) bond motifs is 1. The smallest absolute Gasteiger partial charge is 0.224 e. The molecule has 0 aliphatic heterocycles. The average molecular weight is 406 g/mol. The van der Waals surface area contributed by atoms with Crippen molar-refractivity contribution in [3.05, 3.63) is 52.7 Å². The summed E-state index contributed by atoms with van der Waals surface area (Å²) in [5.74, 6) is 1.76. The molecule has 0 saturated carbocycles. The average Bonchev–Trinajstić information content (AvgIpc) is 3.20. The standard InChI is InChI=1S/C14H21N5.C11H14/c1-6-12-11(4)17-14(16-8-7-10(2)3)18-13(12)19(5)9-15;1-2-9-6-7-10-4-3-5-11(10)8-9/h6,10H,1,7-8H2,2-5H3,(H,16,17,18);6-8H,2-5H2,1H3. The van der Waals surface area contributed by atoms with E-state index in [1.54, 1.807) is 24.3 Å². The van der Waals surface area contributed by atoms with E-state index in [9.17, 15) is 0 Å². The molecule has 3 rings (SSSR count). The van der Waals surface area contributed by atoms with E-state index in [-0.39, 0.29) is 0 Å². The van der Waals surface area contributed by atoms with Crippen LogP contribution in [0.2, 0.25) is 0 Å². The Labute approximate surface area is 181 Å². The monoisotopic (exact) mass is 405 g/mol. The molecule has 2 aromatic rings. The Hall–Kier alpha value is -2.87. The van der Waals surface area contributed by atoms with E-state index in [0.29, 0.717) is 17.7 Å². The highest BCUT2D eigenvalue weighted by Crippen LogP contribution is 2.23. The Morgan fingerprint density at radius 3 is 2.63 bits per heavy atom. The number of hydrogen-bond acceptors (Lipinski definition) is 5. The van der Waals surface area contributed by atoms with Crippen LogP contribution in [0, 0.1) is 24.3 Å². The maximum Gasteiger partial charge on any atom is 0.224 e. The molecule has 0 fully saturated rings. The molecule has 30 heavy (non-hydrogen) atoms. The van der Waals surface area contributed by atoms with Gasteiger partial charge in [-0.1, -0.05) is 51.6 Å². The van der Waals surface area contributed by atoms with Crippen LogP contribution in [0.5, 0.6) is 0 Å². The molecule has 5 heteroatoms. The van der Waals surface area contributed by atoms with Crippen LogP contribution < -0.4 is 10.2 Å². The molecule has 1 heterocycles. The number of benzene rings is 1. The fourth-order valence-corrected chi connectivity index (χ4v) is 3.51. The van der Waals surface area contributed by atoms with Crippen molar-refractivity contribution in [2.45, 2.75) is 59.8 Å². The molecule has 0 amide bonds. The van der Waals surface area contributed by atoms with E-state index in [1.165, 1.54) is 36.1 Å². The Balaban J connectivity index is 0.000000244. The lowest BCUT2D eigenvalue weighted by atomic mass is 10.1. The second kappa shape index (κ2) is 11.3. The zero-order chi connectivity index (χ0) is 22.1. The van der Waals surface area contributed by atoms with Crippen molar-refractivity contribution in [3.63, 3.8) is 0 Å². The number of nitriles is 1. The van der Waals surface area contributed by atoms with E-state index >= 15 is 0 Å². The lowest BCUT2D eigenvalue weighted by Gasteiger charge is -2.15.